The molecule has 1 aromatic carbocycles. The molecule has 108 valence electrons. The van der Waals surface area contributed by atoms with Crippen LogP contribution in [0.3, 0.4) is 0 Å². The number of aromatic nitrogens is 1. The van der Waals surface area contributed by atoms with Crippen molar-refractivity contribution in [3.63, 3.8) is 0 Å². The summed E-state index contributed by atoms with van der Waals surface area (Å²) in [6.45, 7) is 1.68. The molecular weight excluding hydrogens is 300 g/mol. The van der Waals surface area contributed by atoms with Crippen LogP contribution in [0.25, 0.3) is 10.4 Å². The van der Waals surface area contributed by atoms with Crippen molar-refractivity contribution in [3.8, 4) is 16.2 Å². The molecule has 0 unspecified atom stereocenters. The van der Waals surface area contributed by atoms with Crippen molar-refractivity contribution in [1.29, 1.82) is 0 Å². The monoisotopic (exact) mass is 316 g/mol. The summed E-state index contributed by atoms with van der Waals surface area (Å²) >= 11 is 3.47. The molecule has 3 nitrogen and oxygen atoms in total. The highest BCUT2D eigenvalue weighted by atomic mass is 32.1. The van der Waals surface area contributed by atoms with Crippen LogP contribution < -0.4 is 10.1 Å². The van der Waals surface area contributed by atoms with Crippen LogP contribution in [0.15, 0.2) is 48.0 Å². The topological polar surface area (TPSA) is 34.1 Å². The number of nitrogens with one attached hydrogen (secondary N) is 1. The molecule has 0 spiro atoms. The van der Waals surface area contributed by atoms with E-state index >= 15 is 0 Å². The zero-order valence-corrected chi connectivity index (χ0v) is 13.3. The molecule has 0 amide bonds. The van der Waals surface area contributed by atoms with E-state index in [0.29, 0.717) is 0 Å². The molecule has 0 fully saturated rings. The van der Waals surface area contributed by atoms with E-state index in [1.54, 1.807) is 29.8 Å². The highest BCUT2D eigenvalue weighted by molar-refractivity contribution is 7.15. The van der Waals surface area contributed by atoms with E-state index in [-0.39, 0.29) is 0 Å². The van der Waals surface area contributed by atoms with Crippen LogP contribution in [0.5, 0.6) is 5.75 Å². The van der Waals surface area contributed by atoms with Crippen LogP contribution in [0.2, 0.25) is 0 Å². The van der Waals surface area contributed by atoms with Gasteiger partial charge in [-0.3, -0.25) is 0 Å². The van der Waals surface area contributed by atoms with Gasteiger partial charge in [-0.15, -0.1) is 22.7 Å². The van der Waals surface area contributed by atoms with E-state index in [2.05, 4.69) is 33.9 Å². The van der Waals surface area contributed by atoms with E-state index in [4.69, 9.17) is 4.74 Å². The highest BCUT2D eigenvalue weighted by Crippen LogP contribution is 2.33. The third kappa shape index (κ3) is 3.50. The molecule has 0 aliphatic heterocycles. The minimum atomic E-state index is 0.789. The summed E-state index contributed by atoms with van der Waals surface area (Å²) < 4.78 is 5.40. The number of para-hydroxylation sites is 1. The largest absolute Gasteiger partial charge is 0.496 e. The fourth-order valence-corrected chi connectivity index (χ4v) is 3.66. The Morgan fingerprint density at radius 2 is 2.05 bits per heavy atom. The third-order valence-electron chi connectivity index (χ3n) is 3.08. The first-order chi connectivity index (χ1) is 10.4. The molecule has 0 aliphatic carbocycles. The molecule has 21 heavy (non-hydrogen) atoms. The fraction of sp³-hybridized carbons (Fsp3) is 0.188. The normalized spacial score (nSPS) is 10.7. The maximum atomic E-state index is 5.40. The lowest BCUT2D eigenvalue weighted by atomic mass is 10.2. The van der Waals surface area contributed by atoms with Crippen molar-refractivity contribution in [2.45, 2.75) is 13.1 Å². The number of hydrogen-bond acceptors (Lipinski definition) is 5. The number of thiophene rings is 1. The molecule has 3 rings (SSSR count). The number of hydrogen-bond donors (Lipinski definition) is 1. The Kier molecular flexibility index (Phi) is 4.65. The molecule has 0 atom stereocenters. The molecule has 1 N–H and O–H groups in total. The van der Waals surface area contributed by atoms with E-state index in [1.807, 2.05) is 24.4 Å². The molecule has 2 aromatic heterocycles. The Labute approximate surface area is 132 Å². The molecule has 5 heteroatoms. The smallest absolute Gasteiger partial charge is 0.127 e. The van der Waals surface area contributed by atoms with Gasteiger partial charge >= 0.3 is 0 Å². The summed E-state index contributed by atoms with van der Waals surface area (Å²) in [6, 6.07) is 12.3. The molecule has 0 radical (unpaired) electrons. The van der Waals surface area contributed by atoms with Crippen molar-refractivity contribution < 1.29 is 4.74 Å². The second-order valence-corrected chi connectivity index (χ2v) is 6.65. The SMILES string of the molecule is COc1ccccc1-c1cnc(CNCc2cccs2)s1. The molecule has 0 saturated heterocycles. The zero-order valence-electron chi connectivity index (χ0n) is 11.7. The average molecular weight is 316 g/mol. The van der Waals surface area contributed by atoms with Gasteiger partial charge in [0.1, 0.15) is 10.8 Å². The summed E-state index contributed by atoms with van der Waals surface area (Å²) in [4.78, 5) is 6.97. The first-order valence-corrected chi connectivity index (χ1v) is 8.37. The van der Waals surface area contributed by atoms with Gasteiger partial charge in [0.25, 0.3) is 0 Å². The summed E-state index contributed by atoms with van der Waals surface area (Å²) in [5, 5.41) is 6.61. The maximum absolute atomic E-state index is 5.40. The first-order valence-electron chi connectivity index (χ1n) is 6.68. The molecule has 2 heterocycles. The minimum absolute atomic E-state index is 0.789. The summed E-state index contributed by atoms with van der Waals surface area (Å²) in [7, 11) is 1.70. The molecular formula is C16H16N2OS2. The summed E-state index contributed by atoms with van der Waals surface area (Å²) in [6.07, 6.45) is 1.92. The number of nitrogens with zero attached hydrogens (tertiary/aromatic N) is 1. The second kappa shape index (κ2) is 6.85. The van der Waals surface area contributed by atoms with Gasteiger partial charge < -0.3 is 10.1 Å². The minimum Gasteiger partial charge on any atom is -0.496 e. The second-order valence-electron chi connectivity index (χ2n) is 4.50. The van der Waals surface area contributed by atoms with E-state index < -0.39 is 0 Å². The molecule has 0 bridgehead atoms. The predicted molar refractivity (Wildman–Crippen MR) is 89.0 cm³/mol. The Balaban J connectivity index is 1.66. The van der Waals surface area contributed by atoms with Crippen LogP contribution in [-0.2, 0) is 13.1 Å². The highest BCUT2D eigenvalue weighted by Gasteiger charge is 2.09. The van der Waals surface area contributed by atoms with Crippen molar-refractivity contribution >= 4 is 22.7 Å². The van der Waals surface area contributed by atoms with Gasteiger partial charge in [0.2, 0.25) is 0 Å². The fourth-order valence-electron chi connectivity index (χ4n) is 2.07. The quantitative estimate of drug-likeness (QED) is 0.741. The van der Waals surface area contributed by atoms with E-state index in [0.717, 1.165) is 34.3 Å². The standard InChI is InChI=1S/C16H16N2OS2/c1-19-14-7-3-2-6-13(14)15-10-18-16(21-15)11-17-9-12-5-4-8-20-12/h2-8,10,17H,9,11H2,1H3. The summed E-state index contributed by atoms with van der Waals surface area (Å²) in [5.74, 6) is 0.888. The Morgan fingerprint density at radius 3 is 2.86 bits per heavy atom. The van der Waals surface area contributed by atoms with E-state index in [9.17, 15) is 0 Å². The van der Waals surface area contributed by atoms with Crippen LogP contribution in [0.4, 0.5) is 0 Å². The van der Waals surface area contributed by atoms with Crippen LogP contribution in [0.1, 0.15) is 9.88 Å². The lowest BCUT2D eigenvalue weighted by molar-refractivity contribution is 0.416. The van der Waals surface area contributed by atoms with Crippen molar-refractivity contribution in [2.75, 3.05) is 7.11 Å². The van der Waals surface area contributed by atoms with Crippen LogP contribution in [0, 0.1) is 0 Å². The number of ether oxygens (including phenoxy) is 1. The van der Waals surface area contributed by atoms with Gasteiger partial charge in [-0.2, -0.15) is 0 Å². The van der Waals surface area contributed by atoms with Gasteiger partial charge in [0.15, 0.2) is 0 Å². The Bertz CT molecular complexity index is 692. The van der Waals surface area contributed by atoms with E-state index in [1.165, 1.54) is 4.88 Å². The lowest BCUT2D eigenvalue weighted by Gasteiger charge is -2.04. The van der Waals surface area contributed by atoms with Gasteiger partial charge in [0, 0.05) is 29.7 Å². The maximum Gasteiger partial charge on any atom is 0.127 e. The Hall–Kier alpha value is -1.69. The van der Waals surface area contributed by atoms with Gasteiger partial charge in [0.05, 0.1) is 12.0 Å². The first kappa shape index (κ1) is 14.3. The zero-order chi connectivity index (χ0) is 14.5. The van der Waals surface area contributed by atoms with Crippen LogP contribution in [-0.4, -0.2) is 12.1 Å². The molecule has 3 aromatic rings. The predicted octanol–water partition coefficient (Wildman–Crippen LogP) is 4.17. The number of benzene rings is 1. The van der Waals surface area contributed by atoms with Crippen molar-refractivity contribution in [1.82, 2.24) is 10.3 Å². The number of thiazole rings is 1. The van der Waals surface area contributed by atoms with Crippen LogP contribution >= 0.6 is 22.7 Å². The molecule has 0 saturated carbocycles. The van der Waals surface area contributed by atoms with Crippen molar-refractivity contribution in [2.24, 2.45) is 0 Å². The molecule has 0 aliphatic rings. The number of methoxy groups -OCH3 is 1. The van der Waals surface area contributed by atoms with Crippen molar-refractivity contribution in [3.05, 3.63) is 57.9 Å². The van der Waals surface area contributed by atoms with Gasteiger partial charge in [-0.1, -0.05) is 18.2 Å². The number of rotatable bonds is 6. The Morgan fingerprint density at radius 1 is 1.14 bits per heavy atom. The summed E-state index contributed by atoms with van der Waals surface area (Å²) in [5.41, 5.74) is 1.10. The average Bonchev–Trinajstić information content (AvgIpc) is 3.19. The third-order valence-corrected chi connectivity index (χ3v) is 4.99. The lowest BCUT2D eigenvalue weighted by Crippen LogP contribution is -2.11. The van der Waals surface area contributed by atoms with Gasteiger partial charge in [-0.25, -0.2) is 4.98 Å². The van der Waals surface area contributed by atoms with Gasteiger partial charge in [-0.05, 0) is 23.6 Å².